The molecule has 0 amide bonds. The molecular weight excluding hydrogens is 234 g/mol. The lowest BCUT2D eigenvalue weighted by molar-refractivity contribution is 0.283. The molecule has 0 aliphatic carbocycles. The molecule has 1 N–H and O–H groups in total. The lowest BCUT2D eigenvalue weighted by Crippen LogP contribution is -2.24. The van der Waals surface area contributed by atoms with Gasteiger partial charge in [-0.15, -0.1) is 0 Å². The van der Waals surface area contributed by atoms with Crippen LogP contribution in [0.25, 0.3) is 10.8 Å². The fourth-order valence-electron chi connectivity index (χ4n) is 2.52. The number of unbranched alkanes of at least 4 members (excludes halogenated alkanes) is 2. The van der Waals surface area contributed by atoms with E-state index < -0.39 is 0 Å². The van der Waals surface area contributed by atoms with E-state index >= 15 is 0 Å². The standard InChI is InChI=1S/C17H23NO/c1-2-18(13-6-3-7-14-19)17-12-8-10-15-9-4-5-11-16(15)17/h4-5,8-12,19H,2-3,6-7,13-14H2,1H3. The van der Waals surface area contributed by atoms with Gasteiger partial charge < -0.3 is 10.0 Å². The molecule has 19 heavy (non-hydrogen) atoms. The summed E-state index contributed by atoms with van der Waals surface area (Å²) in [6.45, 7) is 4.59. The molecule has 0 unspecified atom stereocenters. The van der Waals surface area contributed by atoms with Crippen LogP contribution >= 0.6 is 0 Å². The van der Waals surface area contributed by atoms with E-state index in [1.807, 2.05) is 0 Å². The first-order chi connectivity index (χ1) is 9.36. The van der Waals surface area contributed by atoms with Crippen LogP contribution in [0.15, 0.2) is 42.5 Å². The zero-order chi connectivity index (χ0) is 13.5. The van der Waals surface area contributed by atoms with Crippen LogP contribution in [0.2, 0.25) is 0 Å². The van der Waals surface area contributed by atoms with Gasteiger partial charge in [0.05, 0.1) is 0 Å². The molecule has 102 valence electrons. The van der Waals surface area contributed by atoms with Crippen molar-refractivity contribution in [2.45, 2.75) is 26.2 Å². The van der Waals surface area contributed by atoms with Crippen molar-refractivity contribution in [3.63, 3.8) is 0 Å². The molecule has 0 aliphatic rings. The van der Waals surface area contributed by atoms with Crippen molar-refractivity contribution in [1.29, 1.82) is 0 Å². The number of benzene rings is 2. The maximum atomic E-state index is 8.83. The lowest BCUT2D eigenvalue weighted by atomic mass is 10.1. The Labute approximate surface area is 115 Å². The number of fused-ring (bicyclic) bond motifs is 1. The summed E-state index contributed by atoms with van der Waals surface area (Å²) in [5.41, 5.74) is 1.32. The van der Waals surface area contributed by atoms with Crippen molar-refractivity contribution in [2.75, 3.05) is 24.6 Å². The SMILES string of the molecule is CCN(CCCCCO)c1cccc2ccccc12. The number of rotatable bonds is 7. The Bertz CT molecular complexity index is 504. The highest BCUT2D eigenvalue weighted by atomic mass is 16.2. The maximum absolute atomic E-state index is 8.83. The van der Waals surface area contributed by atoms with Crippen LogP contribution in [0.3, 0.4) is 0 Å². The van der Waals surface area contributed by atoms with Crippen molar-refractivity contribution in [3.8, 4) is 0 Å². The number of nitrogens with zero attached hydrogens (tertiary/aromatic N) is 1. The van der Waals surface area contributed by atoms with Gasteiger partial charge in [-0.1, -0.05) is 36.4 Å². The van der Waals surface area contributed by atoms with Crippen molar-refractivity contribution < 1.29 is 5.11 Å². The molecule has 0 radical (unpaired) electrons. The largest absolute Gasteiger partial charge is 0.396 e. The van der Waals surface area contributed by atoms with E-state index in [1.54, 1.807) is 0 Å². The average molecular weight is 257 g/mol. The van der Waals surface area contributed by atoms with Crippen LogP contribution in [-0.2, 0) is 0 Å². The van der Waals surface area contributed by atoms with Gasteiger partial charge >= 0.3 is 0 Å². The number of aliphatic hydroxyl groups is 1. The van der Waals surface area contributed by atoms with E-state index in [-0.39, 0.29) is 0 Å². The number of aliphatic hydroxyl groups excluding tert-OH is 1. The third kappa shape index (κ3) is 3.48. The van der Waals surface area contributed by atoms with E-state index in [9.17, 15) is 0 Å². The molecule has 0 fully saturated rings. The number of hydrogen-bond donors (Lipinski definition) is 1. The molecule has 0 saturated heterocycles. The zero-order valence-corrected chi connectivity index (χ0v) is 11.7. The summed E-state index contributed by atoms with van der Waals surface area (Å²) < 4.78 is 0. The fourth-order valence-corrected chi connectivity index (χ4v) is 2.52. The fraction of sp³-hybridized carbons (Fsp3) is 0.412. The van der Waals surface area contributed by atoms with Crippen LogP contribution < -0.4 is 4.90 Å². The smallest absolute Gasteiger partial charge is 0.0445 e. The average Bonchev–Trinajstić information content (AvgIpc) is 2.47. The third-order valence-corrected chi connectivity index (χ3v) is 3.58. The van der Waals surface area contributed by atoms with Gasteiger partial charge in [-0.25, -0.2) is 0 Å². The second-order valence-electron chi connectivity index (χ2n) is 4.86. The maximum Gasteiger partial charge on any atom is 0.0445 e. The summed E-state index contributed by atoms with van der Waals surface area (Å²) in [5.74, 6) is 0. The molecule has 0 heterocycles. The lowest BCUT2D eigenvalue weighted by Gasteiger charge is -2.24. The van der Waals surface area contributed by atoms with E-state index in [1.165, 1.54) is 16.5 Å². The van der Waals surface area contributed by atoms with Crippen LogP contribution in [-0.4, -0.2) is 24.8 Å². The quantitative estimate of drug-likeness (QED) is 0.762. The van der Waals surface area contributed by atoms with Crippen molar-refractivity contribution in [1.82, 2.24) is 0 Å². The summed E-state index contributed by atoms with van der Waals surface area (Å²) in [6.07, 6.45) is 3.14. The monoisotopic (exact) mass is 257 g/mol. The molecule has 0 aliphatic heterocycles. The molecule has 0 saturated carbocycles. The van der Waals surface area contributed by atoms with E-state index in [2.05, 4.69) is 54.3 Å². The number of anilines is 1. The molecule has 2 rings (SSSR count). The van der Waals surface area contributed by atoms with Gasteiger partial charge in [-0.05, 0) is 37.6 Å². The second-order valence-corrected chi connectivity index (χ2v) is 4.86. The molecule has 2 aromatic carbocycles. The molecule has 2 nitrogen and oxygen atoms in total. The van der Waals surface area contributed by atoms with E-state index in [0.29, 0.717) is 6.61 Å². The number of hydrogen-bond acceptors (Lipinski definition) is 2. The van der Waals surface area contributed by atoms with Crippen LogP contribution in [0.4, 0.5) is 5.69 Å². The highest BCUT2D eigenvalue weighted by Crippen LogP contribution is 2.26. The van der Waals surface area contributed by atoms with Gasteiger partial charge in [0, 0.05) is 30.8 Å². The van der Waals surface area contributed by atoms with Gasteiger partial charge in [-0.2, -0.15) is 0 Å². The molecule has 2 aromatic rings. The molecule has 0 aromatic heterocycles. The van der Waals surface area contributed by atoms with E-state index in [4.69, 9.17) is 5.11 Å². The minimum absolute atomic E-state index is 0.306. The summed E-state index contributed by atoms with van der Waals surface area (Å²) >= 11 is 0. The Balaban J connectivity index is 2.16. The van der Waals surface area contributed by atoms with Crippen LogP contribution in [0.1, 0.15) is 26.2 Å². The van der Waals surface area contributed by atoms with Crippen molar-refractivity contribution in [2.24, 2.45) is 0 Å². The summed E-state index contributed by atoms with van der Waals surface area (Å²) in [6, 6.07) is 15.1. The molecule has 2 heteroatoms. The first-order valence-corrected chi connectivity index (χ1v) is 7.20. The predicted octanol–water partition coefficient (Wildman–Crippen LogP) is 3.83. The molecule has 0 bridgehead atoms. The highest BCUT2D eigenvalue weighted by Gasteiger charge is 2.07. The third-order valence-electron chi connectivity index (χ3n) is 3.58. The Morgan fingerprint density at radius 2 is 1.74 bits per heavy atom. The predicted molar refractivity (Wildman–Crippen MR) is 82.8 cm³/mol. The normalized spacial score (nSPS) is 10.8. The summed E-state index contributed by atoms with van der Waals surface area (Å²) in [4.78, 5) is 2.43. The zero-order valence-electron chi connectivity index (χ0n) is 11.7. The van der Waals surface area contributed by atoms with Crippen molar-refractivity contribution in [3.05, 3.63) is 42.5 Å². The van der Waals surface area contributed by atoms with Crippen molar-refractivity contribution >= 4 is 16.5 Å². The Morgan fingerprint density at radius 1 is 0.947 bits per heavy atom. The molecular formula is C17H23NO. The summed E-state index contributed by atoms with van der Waals surface area (Å²) in [7, 11) is 0. The Morgan fingerprint density at radius 3 is 2.53 bits per heavy atom. The highest BCUT2D eigenvalue weighted by molar-refractivity contribution is 5.94. The van der Waals surface area contributed by atoms with Gasteiger partial charge in [-0.3, -0.25) is 0 Å². The van der Waals surface area contributed by atoms with E-state index in [0.717, 1.165) is 32.4 Å². The first kappa shape index (κ1) is 13.9. The topological polar surface area (TPSA) is 23.5 Å². The van der Waals surface area contributed by atoms with Gasteiger partial charge in [0.25, 0.3) is 0 Å². The molecule has 0 spiro atoms. The second kappa shape index (κ2) is 7.15. The van der Waals surface area contributed by atoms with Gasteiger partial charge in [0.2, 0.25) is 0 Å². The van der Waals surface area contributed by atoms with Crippen LogP contribution in [0, 0.1) is 0 Å². The first-order valence-electron chi connectivity index (χ1n) is 7.20. The Kier molecular flexibility index (Phi) is 5.22. The summed E-state index contributed by atoms with van der Waals surface area (Å²) in [5, 5.41) is 11.5. The van der Waals surface area contributed by atoms with Gasteiger partial charge in [0.15, 0.2) is 0 Å². The van der Waals surface area contributed by atoms with Crippen LogP contribution in [0.5, 0.6) is 0 Å². The van der Waals surface area contributed by atoms with Gasteiger partial charge in [0.1, 0.15) is 0 Å². The minimum atomic E-state index is 0.306. The Hall–Kier alpha value is -1.54. The molecule has 0 atom stereocenters. The minimum Gasteiger partial charge on any atom is -0.396 e.